The normalized spacial score (nSPS) is 11.4. The van der Waals surface area contributed by atoms with Crippen LogP contribution in [0.4, 0.5) is 0 Å². The van der Waals surface area contributed by atoms with E-state index in [4.69, 9.17) is 4.74 Å². The third-order valence-electron chi connectivity index (χ3n) is 3.40. The zero-order valence-electron chi connectivity index (χ0n) is 13.9. The molecule has 0 bridgehead atoms. The van der Waals surface area contributed by atoms with Crippen molar-refractivity contribution in [1.82, 2.24) is 0 Å². The first-order chi connectivity index (χ1) is 10.4. The predicted molar refractivity (Wildman–Crippen MR) is 95.1 cm³/mol. The molecule has 2 nitrogen and oxygen atoms in total. The molecule has 0 aliphatic carbocycles. The van der Waals surface area contributed by atoms with E-state index in [1.165, 1.54) is 5.56 Å². The lowest BCUT2D eigenvalue weighted by atomic mass is 10.0. The molecule has 0 fully saturated rings. The highest BCUT2D eigenvalue weighted by molar-refractivity contribution is 7.66. The van der Waals surface area contributed by atoms with Crippen molar-refractivity contribution in [2.24, 2.45) is 0 Å². The molecule has 0 heterocycles. The Kier molecular flexibility index (Phi) is 5.37. The molecule has 0 saturated heterocycles. The van der Waals surface area contributed by atoms with Crippen molar-refractivity contribution in [1.29, 1.82) is 0 Å². The van der Waals surface area contributed by atoms with Gasteiger partial charge >= 0.3 is 0 Å². The summed E-state index contributed by atoms with van der Waals surface area (Å²) >= 11 is 0. The van der Waals surface area contributed by atoms with Gasteiger partial charge in [-0.25, -0.2) is 0 Å². The van der Waals surface area contributed by atoms with Crippen LogP contribution in [-0.4, -0.2) is 11.6 Å². The summed E-state index contributed by atoms with van der Waals surface area (Å²) in [6, 6.07) is 12.0. The second-order valence-corrected chi connectivity index (χ2v) is 7.13. The quantitative estimate of drug-likeness (QED) is 0.757. The van der Waals surface area contributed by atoms with Gasteiger partial charge in [0.15, 0.2) is 5.52 Å². The van der Waals surface area contributed by atoms with Crippen LogP contribution in [-0.2, 0) is 0 Å². The molecule has 1 unspecified atom stereocenters. The molecule has 0 saturated carbocycles. The Morgan fingerprint density at radius 3 is 2.23 bits per heavy atom. The maximum absolute atomic E-state index is 12.8. The highest BCUT2D eigenvalue weighted by Crippen LogP contribution is 2.28. The van der Waals surface area contributed by atoms with E-state index in [9.17, 15) is 4.79 Å². The van der Waals surface area contributed by atoms with Gasteiger partial charge in [-0.2, -0.15) is 0 Å². The van der Waals surface area contributed by atoms with Crippen LogP contribution in [0.15, 0.2) is 36.4 Å². The summed E-state index contributed by atoms with van der Waals surface area (Å²) in [7, 11) is 0.0797. The van der Waals surface area contributed by atoms with Gasteiger partial charge in [0.25, 0.3) is 0 Å². The lowest BCUT2D eigenvalue weighted by Gasteiger charge is -2.15. The summed E-state index contributed by atoms with van der Waals surface area (Å²) in [4.78, 5) is 12.8. The lowest BCUT2D eigenvalue weighted by Crippen LogP contribution is -2.13. The summed E-state index contributed by atoms with van der Waals surface area (Å²) in [5.41, 5.74) is 4.33. The van der Waals surface area contributed by atoms with Gasteiger partial charge < -0.3 is 4.74 Å². The number of hydrogen-bond acceptors (Lipinski definition) is 2. The molecule has 3 heteroatoms. The second-order valence-electron chi connectivity index (χ2n) is 5.89. The summed E-state index contributed by atoms with van der Waals surface area (Å²) in [6.45, 7) is 10.1. The molecule has 0 N–H and O–H groups in total. The zero-order chi connectivity index (χ0) is 16.3. The first-order valence-corrected chi connectivity index (χ1v) is 8.53. The van der Waals surface area contributed by atoms with E-state index in [1.807, 2.05) is 52.0 Å². The predicted octanol–water partition coefficient (Wildman–Crippen LogP) is 4.54. The Hall–Kier alpha value is -1.66. The average Bonchev–Trinajstić information content (AvgIpc) is 2.39. The van der Waals surface area contributed by atoms with Crippen LogP contribution in [0.5, 0.6) is 5.75 Å². The van der Waals surface area contributed by atoms with E-state index < -0.39 is 0 Å². The molecule has 2 rings (SSSR count). The Balaban J connectivity index is 2.30. The second kappa shape index (κ2) is 7.07. The molecule has 0 spiro atoms. The summed E-state index contributed by atoms with van der Waals surface area (Å²) < 4.78 is 5.82. The summed E-state index contributed by atoms with van der Waals surface area (Å²) in [6.07, 6.45) is 0.101. The molecule has 22 heavy (non-hydrogen) atoms. The number of carbonyl (C=O) groups is 1. The topological polar surface area (TPSA) is 26.3 Å². The van der Waals surface area contributed by atoms with Gasteiger partial charge in [0.1, 0.15) is 5.75 Å². The number of carbonyl (C=O) groups excluding carboxylic acids is 1. The number of hydrogen-bond donors (Lipinski definition) is 0. The van der Waals surface area contributed by atoms with Crippen molar-refractivity contribution < 1.29 is 9.53 Å². The minimum atomic E-state index is 0.0797. The Morgan fingerprint density at radius 2 is 1.64 bits per heavy atom. The Labute approximate surface area is 134 Å². The molecule has 0 aliphatic rings. The maximum Gasteiger partial charge on any atom is 0.186 e. The van der Waals surface area contributed by atoms with Gasteiger partial charge in [-0.1, -0.05) is 35.9 Å². The van der Waals surface area contributed by atoms with Crippen molar-refractivity contribution in [3.63, 3.8) is 0 Å². The van der Waals surface area contributed by atoms with Crippen LogP contribution in [0.25, 0.3) is 0 Å². The SMILES string of the molecule is Cc1cc(C)c(C(=O)Pc2ccccc2OC(C)C)c(C)c1. The summed E-state index contributed by atoms with van der Waals surface area (Å²) in [5.74, 6) is 0.812. The van der Waals surface area contributed by atoms with Crippen LogP contribution in [0.3, 0.4) is 0 Å². The number of rotatable bonds is 5. The molecule has 2 aromatic rings. The molecule has 0 radical (unpaired) electrons. The molecule has 0 aliphatic heterocycles. The van der Waals surface area contributed by atoms with Gasteiger partial charge in [0, 0.05) is 10.9 Å². The smallest absolute Gasteiger partial charge is 0.186 e. The van der Waals surface area contributed by atoms with Gasteiger partial charge in [-0.15, -0.1) is 0 Å². The molecule has 1 atom stereocenters. The van der Waals surface area contributed by atoms with Crippen LogP contribution < -0.4 is 10.0 Å². The van der Waals surface area contributed by atoms with Crippen molar-refractivity contribution in [3.8, 4) is 5.75 Å². The molecule has 0 aromatic heterocycles. The molecular weight excluding hydrogens is 291 g/mol. The molecule has 2 aromatic carbocycles. The van der Waals surface area contributed by atoms with E-state index >= 15 is 0 Å². The van der Waals surface area contributed by atoms with E-state index in [0.29, 0.717) is 0 Å². The number of ether oxygens (including phenoxy) is 1. The highest BCUT2D eigenvalue weighted by atomic mass is 31.1. The fourth-order valence-corrected chi connectivity index (χ4v) is 3.86. The minimum Gasteiger partial charge on any atom is -0.490 e. The largest absolute Gasteiger partial charge is 0.490 e. The molecular formula is C19H23O2P. The van der Waals surface area contributed by atoms with Crippen LogP contribution in [0.1, 0.15) is 40.9 Å². The fourth-order valence-electron chi connectivity index (χ4n) is 2.65. The molecule has 116 valence electrons. The van der Waals surface area contributed by atoms with Crippen LogP contribution >= 0.6 is 8.58 Å². The van der Waals surface area contributed by atoms with E-state index in [1.54, 1.807) is 0 Å². The molecule has 0 amide bonds. The Morgan fingerprint density at radius 1 is 1.05 bits per heavy atom. The zero-order valence-corrected chi connectivity index (χ0v) is 14.9. The first kappa shape index (κ1) is 16.7. The maximum atomic E-state index is 12.8. The first-order valence-electron chi connectivity index (χ1n) is 7.53. The monoisotopic (exact) mass is 314 g/mol. The van der Waals surface area contributed by atoms with Crippen molar-refractivity contribution >= 4 is 19.4 Å². The van der Waals surface area contributed by atoms with Crippen molar-refractivity contribution in [2.45, 2.75) is 40.7 Å². The van der Waals surface area contributed by atoms with Crippen LogP contribution in [0, 0.1) is 20.8 Å². The highest BCUT2D eigenvalue weighted by Gasteiger charge is 2.16. The summed E-state index contributed by atoms with van der Waals surface area (Å²) in [5, 5.41) is 0.973. The van der Waals surface area contributed by atoms with Gasteiger partial charge in [0.2, 0.25) is 0 Å². The van der Waals surface area contributed by atoms with Crippen LogP contribution in [0.2, 0.25) is 0 Å². The van der Waals surface area contributed by atoms with Gasteiger partial charge in [0.05, 0.1) is 6.10 Å². The van der Waals surface area contributed by atoms with Crippen molar-refractivity contribution in [3.05, 3.63) is 58.7 Å². The van der Waals surface area contributed by atoms with Gasteiger partial charge in [-0.05, 0) is 60.4 Å². The van der Waals surface area contributed by atoms with Crippen molar-refractivity contribution in [2.75, 3.05) is 0 Å². The standard InChI is InChI=1S/C19H23O2P/c1-12(2)21-16-8-6-7-9-17(16)22-19(20)18-14(4)10-13(3)11-15(18)5/h6-12,22H,1-5H3. The number of benzene rings is 2. The van der Waals surface area contributed by atoms with Gasteiger partial charge in [-0.3, -0.25) is 4.79 Å². The number of aryl methyl sites for hydroxylation is 3. The lowest BCUT2D eigenvalue weighted by molar-refractivity contribution is 0.108. The minimum absolute atomic E-state index is 0.0797. The fraction of sp³-hybridized carbons (Fsp3) is 0.316. The average molecular weight is 314 g/mol. The van der Waals surface area contributed by atoms with E-state index in [-0.39, 0.29) is 20.2 Å². The van der Waals surface area contributed by atoms with E-state index in [2.05, 4.69) is 19.1 Å². The third-order valence-corrected chi connectivity index (χ3v) is 4.56. The Bertz CT molecular complexity index is 667. The number of para-hydroxylation sites is 1. The third kappa shape index (κ3) is 3.96. The van der Waals surface area contributed by atoms with E-state index in [0.717, 1.165) is 27.7 Å².